The molecule has 0 saturated carbocycles. The van der Waals surface area contributed by atoms with E-state index in [-0.39, 0.29) is 0 Å². The van der Waals surface area contributed by atoms with Crippen LogP contribution in [0.5, 0.6) is 0 Å². The van der Waals surface area contributed by atoms with Crippen LogP contribution in [0.15, 0.2) is 28.9 Å². The van der Waals surface area contributed by atoms with Crippen molar-refractivity contribution in [2.45, 2.75) is 26.2 Å². The van der Waals surface area contributed by atoms with Gasteiger partial charge in [0, 0.05) is 18.5 Å². The molecule has 1 aliphatic heterocycles. The summed E-state index contributed by atoms with van der Waals surface area (Å²) >= 11 is 0. The van der Waals surface area contributed by atoms with Crippen molar-refractivity contribution in [3.63, 3.8) is 0 Å². The number of anilines is 1. The van der Waals surface area contributed by atoms with Gasteiger partial charge in [0.05, 0.1) is 5.69 Å². The molecule has 1 aliphatic rings. The number of benzene rings is 1. The fourth-order valence-electron chi connectivity index (χ4n) is 2.57. The number of hydrogen-bond donors (Lipinski definition) is 0. The largest absolute Gasteiger partial charge is 0.462 e. The van der Waals surface area contributed by atoms with Crippen molar-refractivity contribution in [3.05, 3.63) is 30.0 Å². The van der Waals surface area contributed by atoms with Gasteiger partial charge in [0.25, 0.3) is 0 Å². The van der Waals surface area contributed by atoms with Crippen LogP contribution < -0.4 is 4.90 Å². The van der Waals surface area contributed by atoms with Crippen LogP contribution >= 0.6 is 0 Å². The van der Waals surface area contributed by atoms with Gasteiger partial charge in [0.2, 0.25) is 0 Å². The summed E-state index contributed by atoms with van der Waals surface area (Å²) in [7, 11) is 0. The predicted octanol–water partition coefficient (Wildman–Crippen LogP) is 3.73. The van der Waals surface area contributed by atoms with Crippen molar-refractivity contribution in [3.8, 4) is 0 Å². The van der Waals surface area contributed by atoms with Crippen LogP contribution in [-0.4, -0.2) is 13.1 Å². The lowest BCUT2D eigenvalue weighted by Crippen LogP contribution is -2.29. The minimum absolute atomic E-state index is 1.04. The van der Waals surface area contributed by atoms with Crippen molar-refractivity contribution >= 4 is 16.7 Å². The third-order valence-electron chi connectivity index (χ3n) is 3.47. The van der Waals surface area contributed by atoms with Gasteiger partial charge in [-0.3, -0.25) is 0 Å². The summed E-state index contributed by atoms with van der Waals surface area (Å²) in [6.07, 6.45) is 5.89. The summed E-state index contributed by atoms with van der Waals surface area (Å²) in [5, 5.41) is 1.27. The SMILES string of the molecule is Cc1cccc2c(N3CCCCC3)coc12. The molecular formula is C14H17NO. The molecule has 2 heterocycles. The second-order valence-electron chi connectivity index (χ2n) is 4.62. The van der Waals surface area contributed by atoms with Gasteiger partial charge in [-0.15, -0.1) is 0 Å². The molecule has 2 aromatic rings. The maximum Gasteiger partial charge on any atom is 0.138 e. The molecule has 0 amide bonds. The normalized spacial score (nSPS) is 16.9. The van der Waals surface area contributed by atoms with E-state index in [4.69, 9.17) is 4.42 Å². The highest BCUT2D eigenvalue weighted by Crippen LogP contribution is 2.32. The molecule has 0 N–H and O–H groups in total. The number of fused-ring (bicyclic) bond motifs is 1. The first-order valence-electron chi connectivity index (χ1n) is 6.08. The van der Waals surface area contributed by atoms with Crippen molar-refractivity contribution in [1.82, 2.24) is 0 Å². The summed E-state index contributed by atoms with van der Waals surface area (Å²) in [6.45, 7) is 4.44. The molecular weight excluding hydrogens is 198 g/mol. The zero-order chi connectivity index (χ0) is 11.0. The molecule has 84 valence electrons. The number of hydrogen-bond acceptors (Lipinski definition) is 2. The third-order valence-corrected chi connectivity index (χ3v) is 3.47. The molecule has 1 fully saturated rings. The van der Waals surface area contributed by atoms with E-state index in [0.29, 0.717) is 0 Å². The molecule has 16 heavy (non-hydrogen) atoms. The smallest absolute Gasteiger partial charge is 0.138 e. The van der Waals surface area contributed by atoms with E-state index in [1.165, 1.54) is 49.0 Å². The Balaban J connectivity index is 2.06. The first-order valence-corrected chi connectivity index (χ1v) is 6.08. The van der Waals surface area contributed by atoms with Crippen molar-refractivity contribution in [2.75, 3.05) is 18.0 Å². The van der Waals surface area contributed by atoms with Gasteiger partial charge in [0.15, 0.2) is 0 Å². The molecule has 3 rings (SSSR count). The van der Waals surface area contributed by atoms with E-state index in [1.54, 1.807) is 0 Å². The van der Waals surface area contributed by atoms with Crippen LogP contribution in [0.4, 0.5) is 5.69 Å². The van der Waals surface area contributed by atoms with Gasteiger partial charge in [-0.05, 0) is 37.8 Å². The molecule has 0 aliphatic carbocycles. The van der Waals surface area contributed by atoms with Gasteiger partial charge in [-0.1, -0.05) is 12.1 Å². The number of aryl methyl sites for hydroxylation is 1. The van der Waals surface area contributed by atoms with Crippen molar-refractivity contribution < 1.29 is 4.42 Å². The van der Waals surface area contributed by atoms with Crippen LogP contribution in [-0.2, 0) is 0 Å². The van der Waals surface area contributed by atoms with Crippen LogP contribution in [0.1, 0.15) is 24.8 Å². The number of furan rings is 1. The Kier molecular flexibility index (Phi) is 2.35. The summed E-state index contributed by atoms with van der Waals surface area (Å²) in [6, 6.07) is 6.38. The fourth-order valence-corrected chi connectivity index (χ4v) is 2.57. The minimum atomic E-state index is 1.04. The van der Waals surface area contributed by atoms with E-state index in [0.717, 1.165) is 5.58 Å². The molecule has 0 unspecified atom stereocenters. The third kappa shape index (κ3) is 1.49. The first kappa shape index (κ1) is 9.76. The summed E-state index contributed by atoms with van der Waals surface area (Å²) in [5.74, 6) is 0. The zero-order valence-electron chi connectivity index (χ0n) is 9.70. The van der Waals surface area contributed by atoms with Gasteiger partial charge >= 0.3 is 0 Å². The maximum absolute atomic E-state index is 5.69. The van der Waals surface area contributed by atoms with Crippen molar-refractivity contribution in [2.24, 2.45) is 0 Å². The summed E-state index contributed by atoms with van der Waals surface area (Å²) in [5.41, 5.74) is 3.54. The van der Waals surface area contributed by atoms with Gasteiger partial charge in [-0.2, -0.15) is 0 Å². The molecule has 0 bridgehead atoms. The van der Waals surface area contributed by atoms with E-state index in [1.807, 2.05) is 6.26 Å². The average Bonchev–Trinajstić information content (AvgIpc) is 2.75. The Morgan fingerprint density at radius 3 is 2.75 bits per heavy atom. The average molecular weight is 215 g/mol. The molecule has 0 atom stereocenters. The molecule has 1 aromatic heterocycles. The lowest BCUT2D eigenvalue weighted by atomic mass is 10.1. The lowest BCUT2D eigenvalue weighted by Gasteiger charge is -2.27. The standard InChI is InChI=1S/C14H17NO/c1-11-6-5-7-12-13(10-16-14(11)12)15-8-3-2-4-9-15/h5-7,10H,2-4,8-9H2,1H3. The summed E-state index contributed by atoms with van der Waals surface area (Å²) < 4.78 is 5.69. The highest BCUT2D eigenvalue weighted by atomic mass is 16.3. The molecule has 2 nitrogen and oxygen atoms in total. The fraction of sp³-hybridized carbons (Fsp3) is 0.429. The van der Waals surface area contributed by atoms with Crippen LogP contribution in [0.25, 0.3) is 11.0 Å². The molecule has 2 heteroatoms. The van der Waals surface area contributed by atoms with Gasteiger partial charge in [-0.25, -0.2) is 0 Å². The van der Waals surface area contributed by atoms with Crippen LogP contribution in [0.2, 0.25) is 0 Å². The highest BCUT2D eigenvalue weighted by molar-refractivity contribution is 5.92. The minimum Gasteiger partial charge on any atom is -0.462 e. The number of rotatable bonds is 1. The van der Waals surface area contributed by atoms with E-state index in [2.05, 4.69) is 30.0 Å². The quantitative estimate of drug-likeness (QED) is 0.720. The lowest BCUT2D eigenvalue weighted by molar-refractivity contribution is 0.568. The Morgan fingerprint density at radius 1 is 1.12 bits per heavy atom. The molecule has 0 radical (unpaired) electrons. The number of para-hydroxylation sites is 1. The molecule has 1 aromatic carbocycles. The second-order valence-corrected chi connectivity index (χ2v) is 4.62. The van der Waals surface area contributed by atoms with Gasteiger partial charge in [0.1, 0.15) is 11.8 Å². The van der Waals surface area contributed by atoms with Gasteiger partial charge < -0.3 is 9.32 Å². The van der Waals surface area contributed by atoms with Crippen LogP contribution in [0, 0.1) is 6.92 Å². The summed E-state index contributed by atoms with van der Waals surface area (Å²) in [4.78, 5) is 2.45. The Hall–Kier alpha value is -1.44. The van der Waals surface area contributed by atoms with E-state index < -0.39 is 0 Å². The predicted molar refractivity (Wildman–Crippen MR) is 67.0 cm³/mol. The number of nitrogens with zero attached hydrogens (tertiary/aromatic N) is 1. The van der Waals surface area contributed by atoms with E-state index >= 15 is 0 Å². The molecule has 1 saturated heterocycles. The van der Waals surface area contributed by atoms with Crippen molar-refractivity contribution in [1.29, 1.82) is 0 Å². The van der Waals surface area contributed by atoms with Crippen LogP contribution in [0.3, 0.4) is 0 Å². The first-order chi connectivity index (χ1) is 7.86. The zero-order valence-corrected chi connectivity index (χ0v) is 9.70. The monoisotopic (exact) mass is 215 g/mol. The van der Waals surface area contributed by atoms with E-state index in [9.17, 15) is 0 Å². The topological polar surface area (TPSA) is 16.4 Å². The maximum atomic E-state index is 5.69. The Bertz CT molecular complexity index is 494. The highest BCUT2D eigenvalue weighted by Gasteiger charge is 2.16. The number of piperidine rings is 1. The molecule has 0 spiro atoms. The Labute approximate surface area is 95.9 Å². The Morgan fingerprint density at radius 2 is 1.94 bits per heavy atom. The second kappa shape index (κ2) is 3.85.